The summed E-state index contributed by atoms with van der Waals surface area (Å²) in [5, 5.41) is 0. The fraction of sp³-hybridized carbons (Fsp3) is 1.00. The van der Waals surface area contributed by atoms with E-state index in [9.17, 15) is 0 Å². The molecule has 2 heteroatoms. The predicted octanol–water partition coefficient (Wildman–Crippen LogP) is 3.06. The van der Waals surface area contributed by atoms with Crippen LogP contribution in [0.5, 0.6) is 0 Å². The molecule has 0 aromatic heterocycles. The van der Waals surface area contributed by atoms with Gasteiger partial charge in [0.1, 0.15) is 15.1 Å². The highest BCUT2D eigenvalue weighted by molar-refractivity contribution is 6.35. The second-order valence-electron chi connectivity index (χ2n) is 4.27. The summed E-state index contributed by atoms with van der Waals surface area (Å²) >= 11 is 0. The molecule has 76 valence electrons. The van der Waals surface area contributed by atoms with Gasteiger partial charge in [0.05, 0.1) is 0 Å². The molecule has 0 saturated heterocycles. The van der Waals surface area contributed by atoms with Crippen molar-refractivity contribution in [2.75, 3.05) is 0 Å². The minimum Gasteiger partial charge on any atom is -0.0891 e. The van der Waals surface area contributed by atoms with Gasteiger partial charge in [-0.3, -0.25) is 0 Å². The Kier molecular flexibility index (Phi) is 10.3. The van der Waals surface area contributed by atoms with Crippen LogP contribution < -0.4 is 0 Å². The van der Waals surface area contributed by atoms with E-state index >= 15 is 0 Å². The third-order valence-corrected chi connectivity index (χ3v) is 3.01. The molecule has 0 saturated carbocycles. The largest absolute Gasteiger partial charge is 0.120 e. The van der Waals surface area contributed by atoms with Crippen LogP contribution in [0.4, 0.5) is 0 Å². The predicted molar refractivity (Wildman–Crippen MR) is 68.1 cm³/mol. The van der Waals surface area contributed by atoms with Crippen LogP contribution in [-0.2, 0) is 0 Å². The van der Waals surface area contributed by atoms with E-state index in [1.165, 1.54) is 58.5 Å². The maximum atomic E-state index is 2.35. The molecular formula is C11H26B2. The average Bonchev–Trinajstić information content (AvgIpc) is 2.17. The molecule has 0 nitrogen and oxygen atoms in total. The van der Waals surface area contributed by atoms with Crippen LogP contribution in [0, 0.1) is 0 Å². The van der Waals surface area contributed by atoms with Crippen molar-refractivity contribution in [1.82, 2.24) is 0 Å². The van der Waals surface area contributed by atoms with Gasteiger partial charge in [0, 0.05) is 0 Å². The molecule has 0 aliphatic carbocycles. The minimum atomic E-state index is 1.02. The van der Waals surface area contributed by atoms with Gasteiger partial charge in [-0.25, -0.2) is 0 Å². The van der Waals surface area contributed by atoms with E-state index in [1.807, 2.05) is 0 Å². The van der Waals surface area contributed by atoms with Crippen molar-refractivity contribution in [1.29, 1.82) is 0 Å². The van der Waals surface area contributed by atoms with Crippen molar-refractivity contribution in [3.63, 3.8) is 0 Å². The van der Waals surface area contributed by atoms with Gasteiger partial charge in [0.2, 0.25) is 0 Å². The lowest BCUT2D eigenvalue weighted by Crippen LogP contribution is -2.00. The lowest BCUT2D eigenvalue weighted by atomic mass is 9.63. The molecule has 0 aliphatic heterocycles. The molecular weight excluding hydrogens is 154 g/mol. The molecule has 0 rings (SSSR count). The van der Waals surface area contributed by atoms with E-state index in [1.54, 1.807) is 0 Å². The Bertz CT molecular complexity index is 94.1. The number of hydrogen-bond acceptors (Lipinski definition) is 0. The van der Waals surface area contributed by atoms with Crippen molar-refractivity contribution in [2.24, 2.45) is 0 Å². The van der Waals surface area contributed by atoms with E-state index in [0.717, 1.165) is 5.82 Å². The zero-order valence-corrected chi connectivity index (χ0v) is 9.94. The first-order chi connectivity index (χ1) is 6.35. The molecule has 1 atom stereocenters. The molecule has 1 unspecified atom stereocenters. The fourth-order valence-electron chi connectivity index (χ4n) is 1.91. The van der Waals surface area contributed by atoms with Crippen LogP contribution in [0.2, 0.25) is 19.0 Å². The maximum Gasteiger partial charge on any atom is 0.120 e. The molecule has 0 N–H and O–H groups in total. The van der Waals surface area contributed by atoms with Gasteiger partial charge < -0.3 is 0 Å². The topological polar surface area (TPSA) is 0 Å². The first-order valence-corrected chi connectivity index (χ1v) is 6.35. The summed E-state index contributed by atoms with van der Waals surface area (Å²) in [6, 6.07) is 0. The molecule has 0 aromatic carbocycles. The molecule has 0 aliphatic rings. The third kappa shape index (κ3) is 8.46. The van der Waals surface area contributed by atoms with Gasteiger partial charge in [0.15, 0.2) is 0 Å². The summed E-state index contributed by atoms with van der Waals surface area (Å²) in [4.78, 5) is 0. The molecule has 0 amide bonds. The van der Waals surface area contributed by atoms with Crippen molar-refractivity contribution in [3.05, 3.63) is 0 Å². The van der Waals surface area contributed by atoms with Crippen molar-refractivity contribution in [2.45, 2.75) is 70.8 Å². The Morgan fingerprint density at radius 3 is 2.31 bits per heavy atom. The van der Waals surface area contributed by atoms with Crippen LogP contribution >= 0.6 is 0 Å². The molecule has 0 aromatic rings. The fourth-order valence-corrected chi connectivity index (χ4v) is 1.91. The lowest BCUT2D eigenvalue weighted by molar-refractivity contribution is 0.581. The highest BCUT2D eigenvalue weighted by atomic mass is 14.0. The van der Waals surface area contributed by atoms with E-state index in [-0.39, 0.29) is 0 Å². The molecule has 13 heavy (non-hydrogen) atoms. The van der Waals surface area contributed by atoms with Gasteiger partial charge >= 0.3 is 0 Å². The van der Waals surface area contributed by atoms with Crippen LogP contribution in [0.25, 0.3) is 0 Å². The molecule has 0 heterocycles. The standard InChI is InChI=1S/C11H26B2/c1-3-4-8-11(13-2)9-6-5-7-10-12/h11,13H,3-10,12H2,1-2H3. The zero-order valence-electron chi connectivity index (χ0n) is 9.94. The summed E-state index contributed by atoms with van der Waals surface area (Å²) in [5.41, 5.74) is 0. The lowest BCUT2D eigenvalue weighted by Gasteiger charge is -2.12. The first kappa shape index (κ1) is 13.1. The summed E-state index contributed by atoms with van der Waals surface area (Å²) in [6.07, 6.45) is 11.5. The van der Waals surface area contributed by atoms with Gasteiger partial charge in [-0.1, -0.05) is 70.8 Å². The van der Waals surface area contributed by atoms with Gasteiger partial charge in [-0.2, -0.15) is 0 Å². The maximum absolute atomic E-state index is 2.35. The molecule has 0 bridgehead atoms. The van der Waals surface area contributed by atoms with Crippen LogP contribution in [0.1, 0.15) is 51.9 Å². The first-order valence-electron chi connectivity index (χ1n) is 6.35. The zero-order chi connectivity index (χ0) is 9.94. The average molecular weight is 180 g/mol. The van der Waals surface area contributed by atoms with Gasteiger partial charge in [-0.15, -0.1) is 0 Å². The Morgan fingerprint density at radius 1 is 1.08 bits per heavy atom. The Morgan fingerprint density at radius 2 is 1.77 bits per heavy atom. The van der Waals surface area contributed by atoms with Crippen LogP contribution in [-0.4, -0.2) is 15.1 Å². The molecule has 0 fully saturated rings. The Labute approximate surface area is 86.5 Å². The second-order valence-corrected chi connectivity index (χ2v) is 4.27. The molecule has 0 spiro atoms. The Hall–Kier alpha value is 0.130. The number of rotatable bonds is 9. The van der Waals surface area contributed by atoms with Crippen molar-refractivity contribution in [3.8, 4) is 0 Å². The highest BCUT2D eigenvalue weighted by Crippen LogP contribution is 2.21. The van der Waals surface area contributed by atoms with Gasteiger partial charge in [0.25, 0.3) is 0 Å². The number of hydrogen-bond donors (Lipinski definition) is 0. The van der Waals surface area contributed by atoms with E-state index < -0.39 is 0 Å². The number of unbranched alkanes of at least 4 members (excludes halogenated alkanes) is 3. The summed E-state index contributed by atoms with van der Waals surface area (Å²) in [5.74, 6) is 1.02. The van der Waals surface area contributed by atoms with Crippen LogP contribution in [0.15, 0.2) is 0 Å². The van der Waals surface area contributed by atoms with Crippen molar-refractivity contribution >= 4 is 15.1 Å². The van der Waals surface area contributed by atoms with E-state index in [0.29, 0.717) is 0 Å². The van der Waals surface area contributed by atoms with E-state index in [2.05, 4.69) is 21.6 Å². The second kappa shape index (κ2) is 10.2. The van der Waals surface area contributed by atoms with Gasteiger partial charge in [-0.05, 0) is 0 Å². The summed E-state index contributed by atoms with van der Waals surface area (Å²) < 4.78 is 0. The third-order valence-electron chi connectivity index (χ3n) is 3.01. The highest BCUT2D eigenvalue weighted by Gasteiger charge is 2.05. The van der Waals surface area contributed by atoms with Crippen molar-refractivity contribution < 1.29 is 0 Å². The summed E-state index contributed by atoms with van der Waals surface area (Å²) in [7, 11) is 3.68. The quantitative estimate of drug-likeness (QED) is 0.377. The Balaban J connectivity index is 3.25. The molecule has 0 radical (unpaired) electrons. The summed E-state index contributed by atoms with van der Waals surface area (Å²) in [6.45, 7) is 4.64. The van der Waals surface area contributed by atoms with Crippen LogP contribution in [0.3, 0.4) is 0 Å². The minimum absolute atomic E-state index is 1.02. The van der Waals surface area contributed by atoms with E-state index in [4.69, 9.17) is 0 Å². The smallest absolute Gasteiger partial charge is 0.0891 e. The normalized spacial score (nSPS) is 12.8. The SMILES string of the molecule is BCCCCCC(BC)CCCC. The monoisotopic (exact) mass is 180 g/mol.